The van der Waals surface area contributed by atoms with Gasteiger partial charge in [-0.2, -0.15) is 4.31 Å². The van der Waals surface area contributed by atoms with Gasteiger partial charge in [0, 0.05) is 20.1 Å². The minimum Gasteiger partial charge on any atom is -0.355 e. The molecule has 1 atom stereocenters. The van der Waals surface area contributed by atoms with Gasteiger partial charge in [0.05, 0.1) is 11.4 Å². The van der Waals surface area contributed by atoms with Crippen LogP contribution in [0.3, 0.4) is 0 Å². The highest BCUT2D eigenvalue weighted by Crippen LogP contribution is 2.15. The van der Waals surface area contributed by atoms with Crippen LogP contribution in [0.2, 0.25) is 0 Å². The van der Waals surface area contributed by atoms with Crippen LogP contribution < -0.4 is 5.32 Å². The SMILES string of the molecule is CC1CCCN(CCCCNC(=O)CN(C)S(=O)(=O)c2ccccc2)C1. The van der Waals surface area contributed by atoms with Gasteiger partial charge in [-0.1, -0.05) is 25.1 Å². The van der Waals surface area contributed by atoms with Gasteiger partial charge in [0.25, 0.3) is 0 Å². The van der Waals surface area contributed by atoms with Crippen LogP contribution in [0.1, 0.15) is 32.6 Å². The maximum absolute atomic E-state index is 12.4. The summed E-state index contributed by atoms with van der Waals surface area (Å²) in [7, 11) is -2.19. The number of rotatable bonds is 9. The number of likely N-dealkylation sites (tertiary alicyclic amines) is 1. The third-order valence-corrected chi connectivity index (χ3v) is 6.60. The van der Waals surface area contributed by atoms with Crippen molar-refractivity contribution < 1.29 is 13.2 Å². The predicted octanol–water partition coefficient (Wildman–Crippen LogP) is 1.94. The number of hydrogen-bond acceptors (Lipinski definition) is 4. The molecule has 1 fully saturated rings. The first-order valence-corrected chi connectivity index (χ1v) is 10.8. The number of unbranched alkanes of at least 4 members (excludes halogenated alkanes) is 1. The number of sulfonamides is 1. The smallest absolute Gasteiger partial charge is 0.243 e. The summed E-state index contributed by atoms with van der Waals surface area (Å²) in [5, 5.41) is 2.82. The Kier molecular flexibility index (Phi) is 8.06. The standard InChI is InChI=1S/C19H31N3O3S/c1-17-9-8-14-22(15-17)13-7-6-12-20-19(23)16-21(2)26(24,25)18-10-4-3-5-11-18/h3-5,10-11,17H,6-9,12-16H2,1-2H3,(H,20,23). The highest BCUT2D eigenvalue weighted by Gasteiger charge is 2.22. The van der Waals surface area contributed by atoms with E-state index in [1.807, 2.05) is 0 Å². The molecule has 0 spiro atoms. The summed E-state index contributed by atoms with van der Waals surface area (Å²) in [6.07, 6.45) is 4.56. The van der Waals surface area contributed by atoms with Gasteiger partial charge >= 0.3 is 0 Å². The first-order chi connectivity index (χ1) is 12.4. The predicted molar refractivity (Wildman–Crippen MR) is 103 cm³/mol. The minimum absolute atomic E-state index is 0.166. The zero-order valence-corrected chi connectivity index (χ0v) is 16.7. The van der Waals surface area contributed by atoms with Gasteiger partial charge < -0.3 is 10.2 Å². The molecule has 0 bridgehead atoms. The van der Waals surface area contributed by atoms with E-state index in [2.05, 4.69) is 17.1 Å². The first-order valence-electron chi connectivity index (χ1n) is 9.40. The van der Waals surface area contributed by atoms with Crippen LogP contribution in [-0.2, 0) is 14.8 Å². The van der Waals surface area contributed by atoms with E-state index >= 15 is 0 Å². The Bertz CT molecular complexity index is 664. The van der Waals surface area contributed by atoms with E-state index in [1.165, 1.54) is 45.1 Å². The third-order valence-electron chi connectivity index (χ3n) is 4.78. The van der Waals surface area contributed by atoms with Crippen LogP contribution in [0.25, 0.3) is 0 Å². The summed E-state index contributed by atoms with van der Waals surface area (Å²) >= 11 is 0. The zero-order chi connectivity index (χ0) is 19.0. The second-order valence-corrected chi connectivity index (χ2v) is 9.22. The number of carbonyl (C=O) groups excluding carboxylic acids is 1. The molecule has 0 saturated carbocycles. The molecule has 7 heteroatoms. The molecule has 26 heavy (non-hydrogen) atoms. The van der Waals surface area contributed by atoms with Crippen LogP contribution in [0.15, 0.2) is 35.2 Å². The fraction of sp³-hybridized carbons (Fsp3) is 0.632. The molecule has 1 aromatic carbocycles. The molecular formula is C19H31N3O3S. The monoisotopic (exact) mass is 381 g/mol. The molecule has 6 nitrogen and oxygen atoms in total. The summed E-state index contributed by atoms with van der Waals surface area (Å²) in [6, 6.07) is 8.17. The van der Waals surface area contributed by atoms with Crippen molar-refractivity contribution in [1.29, 1.82) is 0 Å². The lowest BCUT2D eigenvalue weighted by atomic mass is 10.0. The number of nitrogens with one attached hydrogen (secondary N) is 1. The minimum atomic E-state index is -3.62. The third kappa shape index (κ3) is 6.37. The van der Waals surface area contributed by atoms with E-state index in [0.29, 0.717) is 6.54 Å². The van der Waals surface area contributed by atoms with E-state index in [0.717, 1.165) is 29.6 Å². The summed E-state index contributed by atoms with van der Waals surface area (Å²) in [6.45, 7) is 6.14. The van der Waals surface area contributed by atoms with E-state index < -0.39 is 10.0 Å². The average Bonchev–Trinajstić information content (AvgIpc) is 2.62. The van der Waals surface area contributed by atoms with Crippen LogP contribution in [0, 0.1) is 5.92 Å². The Hall–Kier alpha value is -1.44. The van der Waals surface area contributed by atoms with E-state index in [4.69, 9.17) is 0 Å². The summed E-state index contributed by atoms with van der Waals surface area (Å²) < 4.78 is 25.9. The molecule has 1 aromatic rings. The Morgan fingerprint density at radius 1 is 1.27 bits per heavy atom. The Labute approximate surface area is 157 Å². The summed E-state index contributed by atoms with van der Waals surface area (Å²) in [5.41, 5.74) is 0. The molecule has 146 valence electrons. The molecule has 1 saturated heterocycles. The van der Waals surface area contributed by atoms with Crippen LogP contribution in [0.5, 0.6) is 0 Å². The fourth-order valence-corrected chi connectivity index (χ4v) is 4.44. The quantitative estimate of drug-likeness (QED) is 0.664. The van der Waals surface area contributed by atoms with Crippen molar-refractivity contribution in [2.75, 3.05) is 39.8 Å². The summed E-state index contributed by atoms with van der Waals surface area (Å²) in [4.78, 5) is 14.7. The van der Waals surface area contributed by atoms with Gasteiger partial charge in [0.15, 0.2) is 0 Å². The fourth-order valence-electron chi connectivity index (χ4n) is 3.29. The van der Waals surface area contributed by atoms with Crippen molar-refractivity contribution in [2.24, 2.45) is 5.92 Å². The molecule has 2 rings (SSSR count). The lowest BCUT2D eigenvalue weighted by Gasteiger charge is -2.30. The van der Waals surface area contributed by atoms with Crippen LogP contribution >= 0.6 is 0 Å². The Morgan fingerprint density at radius 3 is 2.69 bits per heavy atom. The summed E-state index contributed by atoms with van der Waals surface area (Å²) in [5.74, 6) is 0.518. The Morgan fingerprint density at radius 2 is 2.00 bits per heavy atom. The number of likely N-dealkylation sites (N-methyl/N-ethyl adjacent to an activating group) is 1. The van der Waals surface area contributed by atoms with Crippen molar-refractivity contribution in [3.05, 3.63) is 30.3 Å². The molecule has 1 amide bonds. The van der Waals surface area contributed by atoms with Crippen LogP contribution in [0.4, 0.5) is 0 Å². The molecule has 0 aliphatic carbocycles. The van der Waals surface area contributed by atoms with Crippen LogP contribution in [-0.4, -0.2) is 63.3 Å². The van der Waals surface area contributed by atoms with Gasteiger partial charge in [-0.05, 0) is 56.8 Å². The van der Waals surface area contributed by atoms with Gasteiger partial charge in [0.2, 0.25) is 15.9 Å². The van der Waals surface area contributed by atoms with E-state index in [1.54, 1.807) is 18.2 Å². The van der Waals surface area contributed by atoms with E-state index in [-0.39, 0.29) is 17.3 Å². The first kappa shape index (κ1) is 20.9. The van der Waals surface area contributed by atoms with Gasteiger partial charge in [0.1, 0.15) is 0 Å². The average molecular weight is 382 g/mol. The lowest BCUT2D eigenvalue weighted by Crippen LogP contribution is -2.39. The van der Waals surface area contributed by atoms with E-state index in [9.17, 15) is 13.2 Å². The molecule has 1 heterocycles. The molecule has 1 N–H and O–H groups in total. The normalized spacial score (nSPS) is 18.8. The number of hydrogen-bond donors (Lipinski definition) is 1. The topological polar surface area (TPSA) is 69.7 Å². The van der Waals surface area contributed by atoms with Crippen molar-refractivity contribution in [3.8, 4) is 0 Å². The van der Waals surface area contributed by atoms with Gasteiger partial charge in [-0.15, -0.1) is 0 Å². The van der Waals surface area contributed by atoms with Crippen molar-refractivity contribution in [1.82, 2.24) is 14.5 Å². The molecule has 1 unspecified atom stereocenters. The Balaban J connectivity index is 1.65. The molecule has 1 aliphatic heterocycles. The molecule has 1 aliphatic rings. The maximum atomic E-state index is 12.4. The maximum Gasteiger partial charge on any atom is 0.243 e. The van der Waals surface area contributed by atoms with Crippen molar-refractivity contribution in [2.45, 2.75) is 37.5 Å². The van der Waals surface area contributed by atoms with Crippen molar-refractivity contribution in [3.63, 3.8) is 0 Å². The zero-order valence-electron chi connectivity index (χ0n) is 15.9. The second-order valence-electron chi connectivity index (χ2n) is 7.18. The number of nitrogens with zero attached hydrogens (tertiary/aromatic N) is 2. The molecule has 0 aromatic heterocycles. The van der Waals surface area contributed by atoms with Gasteiger partial charge in [-0.3, -0.25) is 4.79 Å². The second kappa shape index (κ2) is 10.0. The number of benzene rings is 1. The highest BCUT2D eigenvalue weighted by atomic mass is 32.2. The van der Waals surface area contributed by atoms with Crippen molar-refractivity contribution >= 4 is 15.9 Å². The lowest BCUT2D eigenvalue weighted by molar-refractivity contribution is -0.121. The number of piperidine rings is 1. The van der Waals surface area contributed by atoms with Gasteiger partial charge in [-0.25, -0.2) is 8.42 Å². The number of carbonyl (C=O) groups is 1. The largest absolute Gasteiger partial charge is 0.355 e. The molecule has 0 radical (unpaired) electrons. The molecular weight excluding hydrogens is 350 g/mol. The number of amides is 1. The highest BCUT2D eigenvalue weighted by molar-refractivity contribution is 7.89.